The zero-order chi connectivity index (χ0) is 24.1. The number of Topliss-reactive ketones (excluding diaryl/α,β-unsaturated/α-hetero) is 1. The molecule has 8 heteroatoms. The highest BCUT2D eigenvalue weighted by molar-refractivity contribution is 7.99. The van der Waals surface area contributed by atoms with Crippen molar-refractivity contribution >= 4 is 23.5 Å². The first-order valence-electron chi connectivity index (χ1n) is 10.6. The van der Waals surface area contributed by atoms with E-state index in [-0.39, 0.29) is 11.5 Å². The van der Waals surface area contributed by atoms with Crippen LogP contribution in [0.3, 0.4) is 0 Å². The molecular formula is C26H22FN3O3S. The molecule has 1 atom stereocenters. The number of hydrogen-bond acceptors (Lipinski definition) is 6. The van der Waals surface area contributed by atoms with Crippen LogP contribution in [0.2, 0.25) is 0 Å². The van der Waals surface area contributed by atoms with Crippen molar-refractivity contribution in [2.75, 3.05) is 5.75 Å². The number of halogens is 1. The Bertz CT molecular complexity index is 1310. The molecule has 0 amide bonds. The highest BCUT2D eigenvalue weighted by atomic mass is 32.2. The smallest absolute Gasteiger partial charge is 0.317 e. The number of esters is 1. The van der Waals surface area contributed by atoms with Gasteiger partial charge in [0, 0.05) is 11.3 Å². The standard InChI is InChI=1S/C26H22FN3O3S/c1-17-12-14-19(15-13-17)24(32)18(2)33-23(31)16-34-26-29-28-25(21-10-6-7-11-22(21)27)30(26)20-8-4-3-5-9-20/h3-15,18H,16H2,1-2H3. The van der Waals surface area contributed by atoms with E-state index in [9.17, 15) is 14.0 Å². The van der Waals surface area contributed by atoms with Gasteiger partial charge >= 0.3 is 5.97 Å². The van der Waals surface area contributed by atoms with E-state index in [1.807, 2.05) is 49.4 Å². The molecule has 34 heavy (non-hydrogen) atoms. The van der Waals surface area contributed by atoms with Crippen LogP contribution in [0.15, 0.2) is 84.0 Å². The maximum atomic E-state index is 14.5. The van der Waals surface area contributed by atoms with Crippen LogP contribution < -0.4 is 0 Å². The number of aryl methyl sites for hydroxylation is 1. The minimum absolute atomic E-state index is 0.0895. The van der Waals surface area contributed by atoms with Gasteiger partial charge in [-0.1, -0.05) is 71.9 Å². The van der Waals surface area contributed by atoms with Crippen molar-refractivity contribution in [1.82, 2.24) is 14.8 Å². The van der Waals surface area contributed by atoms with E-state index < -0.39 is 17.9 Å². The lowest BCUT2D eigenvalue weighted by atomic mass is 10.1. The summed E-state index contributed by atoms with van der Waals surface area (Å²) in [7, 11) is 0. The molecule has 0 aliphatic carbocycles. The molecule has 1 aromatic heterocycles. The summed E-state index contributed by atoms with van der Waals surface area (Å²) < 4.78 is 21.5. The fourth-order valence-corrected chi connectivity index (χ4v) is 4.09. The van der Waals surface area contributed by atoms with E-state index in [0.717, 1.165) is 23.0 Å². The monoisotopic (exact) mass is 475 g/mol. The van der Waals surface area contributed by atoms with Gasteiger partial charge in [0.2, 0.25) is 5.78 Å². The van der Waals surface area contributed by atoms with Gasteiger partial charge in [0.05, 0.1) is 11.3 Å². The van der Waals surface area contributed by atoms with Crippen molar-refractivity contribution in [2.45, 2.75) is 25.1 Å². The van der Waals surface area contributed by atoms with Crippen molar-refractivity contribution in [3.05, 3.63) is 95.8 Å². The zero-order valence-electron chi connectivity index (χ0n) is 18.6. The number of thioether (sulfide) groups is 1. The average molecular weight is 476 g/mol. The van der Waals surface area contributed by atoms with Gasteiger partial charge in [0.25, 0.3) is 0 Å². The molecule has 0 aliphatic rings. The lowest BCUT2D eigenvalue weighted by Gasteiger charge is -2.13. The van der Waals surface area contributed by atoms with Crippen molar-refractivity contribution < 1.29 is 18.7 Å². The van der Waals surface area contributed by atoms with E-state index in [4.69, 9.17) is 4.74 Å². The topological polar surface area (TPSA) is 74.1 Å². The van der Waals surface area contributed by atoms with Gasteiger partial charge in [-0.15, -0.1) is 10.2 Å². The summed E-state index contributed by atoms with van der Waals surface area (Å²) in [5.41, 5.74) is 2.54. The summed E-state index contributed by atoms with van der Waals surface area (Å²) in [6.07, 6.45) is -0.920. The molecule has 0 saturated carbocycles. The normalized spacial score (nSPS) is 11.7. The Morgan fingerprint density at radius 2 is 1.65 bits per heavy atom. The Kier molecular flexibility index (Phi) is 7.18. The summed E-state index contributed by atoms with van der Waals surface area (Å²) in [4.78, 5) is 25.0. The number of aromatic nitrogens is 3. The first kappa shape index (κ1) is 23.4. The second-order valence-corrected chi connectivity index (χ2v) is 8.55. The molecule has 1 unspecified atom stereocenters. The number of ether oxygens (including phenoxy) is 1. The van der Waals surface area contributed by atoms with Crippen LogP contribution in [0.5, 0.6) is 0 Å². The largest absolute Gasteiger partial charge is 0.454 e. The SMILES string of the molecule is Cc1ccc(C(=O)C(C)OC(=O)CSc2nnc(-c3ccccc3F)n2-c2ccccc2)cc1. The molecule has 4 aromatic rings. The van der Waals surface area contributed by atoms with Crippen LogP contribution in [0.25, 0.3) is 17.1 Å². The number of carbonyl (C=O) groups excluding carboxylic acids is 2. The van der Waals surface area contributed by atoms with E-state index in [2.05, 4.69) is 10.2 Å². The van der Waals surface area contributed by atoms with Crippen LogP contribution >= 0.6 is 11.8 Å². The minimum Gasteiger partial charge on any atom is -0.454 e. The average Bonchev–Trinajstić information content (AvgIpc) is 3.27. The predicted molar refractivity (Wildman–Crippen MR) is 129 cm³/mol. The molecule has 0 N–H and O–H groups in total. The van der Waals surface area contributed by atoms with Crippen LogP contribution in [-0.4, -0.2) is 38.4 Å². The molecule has 172 valence electrons. The van der Waals surface area contributed by atoms with Crippen molar-refractivity contribution in [2.24, 2.45) is 0 Å². The van der Waals surface area contributed by atoms with Gasteiger partial charge in [0.1, 0.15) is 5.82 Å². The summed E-state index contributed by atoms with van der Waals surface area (Å²) in [6, 6.07) is 22.7. The van der Waals surface area contributed by atoms with E-state index in [1.54, 1.807) is 41.8 Å². The van der Waals surface area contributed by atoms with Crippen molar-refractivity contribution in [3.8, 4) is 17.1 Å². The van der Waals surface area contributed by atoms with Gasteiger partial charge in [-0.05, 0) is 38.1 Å². The van der Waals surface area contributed by atoms with E-state index in [1.165, 1.54) is 6.07 Å². The Labute approximate surface area is 200 Å². The number of ketones is 1. The van der Waals surface area contributed by atoms with Crippen LogP contribution in [0.4, 0.5) is 4.39 Å². The third-order valence-electron chi connectivity index (χ3n) is 5.10. The highest BCUT2D eigenvalue weighted by Crippen LogP contribution is 2.29. The molecule has 0 spiro atoms. The van der Waals surface area contributed by atoms with Gasteiger partial charge in [-0.25, -0.2) is 4.39 Å². The second kappa shape index (κ2) is 10.4. The van der Waals surface area contributed by atoms with Gasteiger partial charge < -0.3 is 4.74 Å². The molecule has 0 aliphatic heterocycles. The van der Waals surface area contributed by atoms with Crippen LogP contribution in [0.1, 0.15) is 22.8 Å². The Hall–Kier alpha value is -3.78. The second-order valence-electron chi connectivity index (χ2n) is 7.61. The summed E-state index contributed by atoms with van der Waals surface area (Å²) in [5.74, 6) is -1.02. The number of para-hydroxylation sites is 1. The van der Waals surface area contributed by atoms with E-state index in [0.29, 0.717) is 22.1 Å². The Balaban J connectivity index is 1.50. The van der Waals surface area contributed by atoms with Crippen LogP contribution in [0, 0.1) is 12.7 Å². The van der Waals surface area contributed by atoms with Gasteiger partial charge in [0.15, 0.2) is 17.1 Å². The number of benzene rings is 3. The lowest BCUT2D eigenvalue weighted by molar-refractivity contribution is -0.143. The molecular weight excluding hydrogens is 453 g/mol. The molecule has 4 rings (SSSR count). The summed E-state index contributed by atoms with van der Waals surface area (Å²) >= 11 is 1.10. The number of rotatable bonds is 8. The maximum absolute atomic E-state index is 14.5. The predicted octanol–water partition coefficient (Wildman–Crippen LogP) is 5.29. The lowest BCUT2D eigenvalue weighted by Crippen LogP contribution is -2.25. The molecule has 0 bridgehead atoms. The Morgan fingerprint density at radius 1 is 0.971 bits per heavy atom. The van der Waals surface area contributed by atoms with Crippen molar-refractivity contribution in [3.63, 3.8) is 0 Å². The third-order valence-corrected chi connectivity index (χ3v) is 6.00. The first-order valence-corrected chi connectivity index (χ1v) is 11.6. The molecule has 1 heterocycles. The van der Waals surface area contributed by atoms with E-state index >= 15 is 0 Å². The van der Waals surface area contributed by atoms with Crippen molar-refractivity contribution in [1.29, 1.82) is 0 Å². The van der Waals surface area contributed by atoms with Gasteiger partial charge in [-0.2, -0.15) is 0 Å². The molecule has 6 nitrogen and oxygen atoms in total. The van der Waals surface area contributed by atoms with Gasteiger partial charge in [-0.3, -0.25) is 14.2 Å². The molecule has 0 fully saturated rings. The zero-order valence-corrected chi connectivity index (χ0v) is 19.5. The number of nitrogens with zero attached hydrogens (tertiary/aromatic N) is 3. The third kappa shape index (κ3) is 5.23. The minimum atomic E-state index is -0.920. The molecule has 0 radical (unpaired) electrons. The highest BCUT2D eigenvalue weighted by Gasteiger charge is 2.22. The molecule has 0 saturated heterocycles. The summed E-state index contributed by atoms with van der Waals surface area (Å²) in [6.45, 7) is 3.48. The Morgan fingerprint density at radius 3 is 2.35 bits per heavy atom. The fourth-order valence-electron chi connectivity index (χ4n) is 3.35. The fraction of sp³-hybridized carbons (Fsp3) is 0.154. The number of carbonyl (C=O) groups is 2. The quantitative estimate of drug-likeness (QED) is 0.196. The number of hydrogen-bond donors (Lipinski definition) is 0. The first-order chi connectivity index (χ1) is 16.4. The molecule has 3 aromatic carbocycles. The van der Waals surface area contributed by atoms with Crippen LogP contribution in [-0.2, 0) is 9.53 Å². The maximum Gasteiger partial charge on any atom is 0.317 e. The summed E-state index contributed by atoms with van der Waals surface area (Å²) in [5, 5.41) is 8.77.